The Kier molecular flexibility index (Phi) is 5.42. The summed E-state index contributed by atoms with van der Waals surface area (Å²) in [7, 11) is 0. The second kappa shape index (κ2) is 6.97. The number of aromatic nitrogens is 1. The zero-order chi connectivity index (χ0) is 17.1. The van der Waals surface area contributed by atoms with Gasteiger partial charge < -0.3 is 15.3 Å². The molecule has 1 atom stereocenters. The lowest BCUT2D eigenvalue weighted by molar-refractivity contribution is -0.158. The highest BCUT2D eigenvalue weighted by Gasteiger charge is 2.42. The molecule has 5 heteroatoms. The van der Waals surface area contributed by atoms with Crippen molar-refractivity contribution >= 4 is 5.91 Å². The predicted molar refractivity (Wildman–Crippen MR) is 90.9 cm³/mol. The van der Waals surface area contributed by atoms with Crippen molar-refractivity contribution in [3.05, 3.63) is 29.6 Å². The van der Waals surface area contributed by atoms with Crippen LogP contribution in [0.2, 0.25) is 0 Å². The minimum Gasteiger partial charge on any atom is -0.379 e. The molecule has 0 unspecified atom stereocenters. The first-order valence-electron chi connectivity index (χ1n) is 8.35. The number of pyridine rings is 1. The smallest absolute Gasteiger partial charge is 0.255 e. The van der Waals surface area contributed by atoms with Crippen LogP contribution >= 0.6 is 0 Å². The monoisotopic (exact) mass is 319 g/mol. The van der Waals surface area contributed by atoms with Gasteiger partial charge in [0.25, 0.3) is 5.91 Å². The van der Waals surface area contributed by atoms with Crippen LogP contribution in [0.3, 0.4) is 0 Å². The van der Waals surface area contributed by atoms with Gasteiger partial charge in [-0.1, -0.05) is 26.8 Å². The van der Waals surface area contributed by atoms with Crippen molar-refractivity contribution in [1.29, 1.82) is 0 Å². The summed E-state index contributed by atoms with van der Waals surface area (Å²) in [6, 6.07) is 5.86. The van der Waals surface area contributed by atoms with Gasteiger partial charge >= 0.3 is 0 Å². The highest BCUT2D eigenvalue weighted by molar-refractivity contribution is 5.86. The Labute approximate surface area is 139 Å². The van der Waals surface area contributed by atoms with E-state index in [1.54, 1.807) is 4.90 Å². The molecule has 0 bridgehead atoms. The number of carbonyl (C=O) groups is 1. The van der Waals surface area contributed by atoms with Crippen LogP contribution in [-0.2, 0) is 11.3 Å². The Balaban J connectivity index is 1.93. The summed E-state index contributed by atoms with van der Waals surface area (Å²) in [5.41, 5.74) is 0.622. The van der Waals surface area contributed by atoms with Crippen molar-refractivity contribution in [3.8, 4) is 0 Å². The second-order valence-corrected chi connectivity index (χ2v) is 7.80. The van der Waals surface area contributed by atoms with Crippen LogP contribution in [0.25, 0.3) is 0 Å². The summed E-state index contributed by atoms with van der Waals surface area (Å²) < 4.78 is 0. The molecular formula is C18H29N3O2. The molecule has 1 amide bonds. The fraction of sp³-hybridized carbons (Fsp3) is 0.667. The molecule has 1 fully saturated rings. The summed E-state index contributed by atoms with van der Waals surface area (Å²) in [6.07, 6.45) is 1.35. The summed E-state index contributed by atoms with van der Waals surface area (Å²) in [5.74, 6) is -0.150. The lowest BCUT2D eigenvalue weighted by Gasteiger charge is -2.41. The molecule has 1 saturated heterocycles. The Bertz CT molecular complexity index is 553. The van der Waals surface area contributed by atoms with Gasteiger partial charge in [0, 0.05) is 31.9 Å². The largest absolute Gasteiger partial charge is 0.379 e. The van der Waals surface area contributed by atoms with E-state index >= 15 is 0 Å². The van der Waals surface area contributed by atoms with E-state index in [1.165, 1.54) is 0 Å². The van der Waals surface area contributed by atoms with Gasteiger partial charge in [0.1, 0.15) is 0 Å². The van der Waals surface area contributed by atoms with Gasteiger partial charge in [-0.25, -0.2) is 0 Å². The van der Waals surface area contributed by atoms with Gasteiger partial charge in [-0.3, -0.25) is 9.78 Å². The van der Waals surface area contributed by atoms with Crippen LogP contribution in [0.4, 0.5) is 0 Å². The van der Waals surface area contributed by atoms with Crippen molar-refractivity contribution < 1.29 is 9.90 Å². The number of carbonyl (C=O) groups excluding carboxylic acids is 1. The Morgan fingerprint density at radius 1 is 1.39 bits per heavy atom. The number of hydrogen-bond acceptors (Lipinski definition) is 4. The molecule has 0 aromatic carbocycles. The van der Waals surface area contributed by atoms with Crippen molar-refractivity contribution in [2.75, 3.05) is 19.6 Å². The minimum atomic E-state index is -1.30. The molecular weight excluding hydrogens is 290 g/mol. The number of nitrogens with zero attached hydrogens (tertiary/aromatic N) is 2. The minimum absolute atomic E-state index is 0.0345. The summed E-state index contributed by atoms with van der Waals surface area (Å²) in [4.78, 5) is 18.9. The average molecular weight is 319 g/mol. The first kappa shape index (κ1) is 17.9. The molecule has 128 valence electrons. The summed E-state index contributed by atoms with van der Waals surface area (Å²) in [6.45, 7) is 10.5. The molecule has 0 saturated carbocycles. The zero-order valence-electron chi connectivity index (χ0n) is 14.7. The van der Waals surface area contributed by atoms with Crippen molar-refractivity contribution in [2.24, 2.45) is 5.41 Å². The van der Waals surface area contributed by atoms with E-state index in [4.69, 9.17) is 0 Å². The van der Waals surface area contributed by atoms with E-state index in [-0.39, 0.29) is 17.9 Å². The molecule has 1 aromatic rings. The van der Waals surface area contributed by atoms with E-state index in [1.807, 2.05) is 25.1 Å². The Morgan fingerprint density at radius 3 is 2.78 bits per heavy atom. The first-order valence-corrected chi connectivity index (χ1v) is 8.35. The second-order valence-electron chi connectivity index (χ2n) is 7.80. The van der Waals surface area contributed by atoms with E-state index < -0.39 is 5.60 Å². The molecule has 23 heavy (non-hydrogen) atoms. The number of nitrogens with one attached hydrogen (secondary N) is 1. The summed E-state index contributed by atoms with van der Waals surface area (Å²) >= 11 is 0. The summed E-state index contributed by atoms with van der Waals surface area (Å²) in [5, 5.41) is 14.0. The van der Waals surface area contributed by atoms with E-state index in [2.05, 4.69) is 31.1 Å². The third-order valence-electron chi connectivity index (χ3n) is 4.04. The topological polar surface area (TPSA) is 65.5 Å². The maximum atomic E-state index is 12.6. The molecule has 0 aliphatic carbocycles. The number of rotatable bonds is 5. The lowest BCUT2D eigenvalue weighted by atomic mass is 9.88. The van der Waals surface area contributed by atoms with Gasteiger partial charge in [-0.05, 0) is 37.3 Å². The third kappa shape index (κ3) is 5.01. The van der Waals surface area contributed by atoms with Crippen LogP contribution in [0.1, 0.15) is 45.0 Å². The van der Waals surface area contributed by atoms with Gasteiger partial charge in [-0.15, -0.1) is 0 Å². The van der Waals surface area contributed by atoms with Crippen LogP contribution in [-0.4, -0.2) is 46.1 Å². The number of piperidine rings is 1. The predicted octanol–water partition coefficient (Wildman–Crippen LogP) is 1.88. The highest BCUT2D eigenvalue weighted by atomic mass is 16.3. The quantitative estimate of drug-likeness (QED) is 0.870. The van der Waals surface area contributed by atoms with Crippen molar-refractivity contribution in [1.82, 2.24) is 15.2 Å². The fourth-order valence-electron chi connectivity index (χ4n) is 3.05. The number of aryl methyl sites for hydroxylation is 1. The third-order valence-corrected chi connectivity index (χ3v) is 4.04. The normalized spacial score (nSPS) is 22.5. The van der Waals surface area contributed by atoms with Crippen molar-refractivity contribution in [2.45, 2.75) is 52.7 Å². The molecule has 2 N–H and O–H groups in total. The molecule has 2 heterocycles. The fourth-order valence-corrected chi connectivity index (χ4v) is 3.05. The molecule has 1 aliphatic rings. The van der Waals surface area contributed by atoms with E-state index in [0.29, 0.717) is 19.5 Å². The average Bonchev–Trinajstić information content (AvgIpc) is 2.43. The lowest BCUT2D eigenvalue weighted by Crippen LogP contribution is -2.59. The molecule has 1 aromatic heterocycles. The van der Waals surface area contributed by atoms with Crippen LogP contribution in [0, 0.1) is 12.3 Å². The Morgan fingerprint density at radius 2 is 2.13 bits per heavy atom. The maximum absolute atomic E-state index is 12.6. The van der Waals surface area contributed by atoms with E-state index in [9.17, 15) is 9.90 Å². The Hall–Kier alpha value is -1.46. The first-order chi connectivity index (χ1) is 10.7. The van der Waals surface area contributed by atoms with Gasteiger partial charge in [-0.2, -0.15) is 0 Å². The number of amides is 1. The van der Waals surface area contributed by atoms with Crippen LogP contribution < -0.4 is 5.32 Å². The standard InChI is InChI=1S/C18H29N3O2/c1-14-7-5-8-15(20-14)11-19-12-18(23)9-6-10-21(16(18)22)13-17(2,3)4/h5,7-8,19,23H,6,9-13H2,1-4H3/t18-/m1/s1. The van der Waals surface area contributed by atoms with E-state index in [0.717, 1.165) is 24.4 Å². The number of aliphatic hydroxyl groups is 1. The highest BCUT2D eigenvalue weighted by Crippen LogP contribution is 2.25. The van der Waals surface area contributed by atoms with Crippen LogP contribution in [0.15, 0.2) is 18.2 Å². The SMILES string of the molecule is Cc1cccc(CNC[C@]2(O)CCCN(CC(C)(C)C)C2=O)n1. The molecule has 2 rings (SSSR count). The van der Waals surface area contributed by atoms with Gasteiger partial charge in [0.05, 0.1) is 5.69 Å². The zero-order valence-corrected chi connectivity index (χ0v) is 14.7. The van der Waals surface area contributed by atoms with Gasteiger partial charge in [0.15, 0.2) is 5.60 Å². The molecule has 0 spiro atoms. The van der Waals surface area contributed by atoms with Gasteiger partial charge in [0.2, 0.25) is 0 Å². The van der Waals surface area contributed by atoms with Crippen molar-refractivity contribution in [3.63, 3.8) is 0 Å². The molecule has 0 radical (unpaired) electrons. The molecule has 1 aliphatic heterocycles. The molecule has 5 nitrogen and oxygen atoms in total. The maximum Gasteiger partial charge on any atom is 0.255 e. The number of likely N-dealkylation sites (tertiary alicyclic amines) is 1. The number of hydrogen-bond donors (Lipinski definition) is 2. The van der Waals surface area contributed by atoms with Crippen LogP contribution in [0.5, 0.6) is 0 Å².